The fourth-order valence-electron chi connectivity index (χ4n) is 2.92. The Morgan fingerprint density at radius 1 is 1.32 bits per heavy atom. The summed E-state index contributed by atoms with van der Waals surface area (Å²) in [6.07, 6.45) is 4.89. The van der Waals surface area contributed by atoms with Crippen LogP contribution in [0.1, 0.15) is 39.0 Å². The topological polar surface area (TPSA) is 75.8 Å². The Labute approximate surface area is 116 Å². The number of sulfone groups is 1. The van der Waals surface area contributed by atoms with Gasteiger partial charge in [0.05, 0.1) is 17.5 Å². The Balaban J connectivity index is 1.93. The second-order valence-electron chi connectivity index (χ2n) is 5.88. The van der Waals surface area contributed by atoms with Crippen molar-refractivity contribution in [3.05, 3.63) is 0 Å². The van der Waals surface area contributed by atoms with E-state index in [0.29, 0.717) is 24.2 Å². The molecule has 0 spiro atoms. The SMILES string of the molecule is C[C@@H]1CCCN(C(N)=NC[C@H]2CCCCS2(=O)=O)C1. The van der Waals surface area contributed by atoms with Gasteiger partial charge in [0.15, 0.2) is 15.8 Å². The molecule has 2 atom stereocenters. The van der Waals surface area contributed by atoms with E-state index in [0.717, 1.165) is 38.8 Å². The quantitative estimate of drug-likeness (QED) is 0.607. The van der Waals surface area contributed by atoms with Crippen LogP contribution < -0.4 is 5.73 Å². The molecular weight excluding hydrogens is 262 g/mol. The van der Waals surface area contributed by atoms with Crippen LogP contribution in [0.3, 0.4) is 0 Å². The van der Waals surface area contributed by atoms with E-state index in [1.165, 1.54) is 6.42 Å². The van der Waals surface area contributed by atoms with Crippen LogP contribution in [0, 0.1) is 5.92 Å². The average molecular weight is 287 g/mol. The van der Waals surface area contributed by atoms with Gasteiger partial charge in [-0.05, 0) is 31.6 Å². The highest BCUT2D eigenvalue weighted by atomic mass is 32.2. The molecular formula is C13H25N3O2S. The lowest BCUT2D eigenvalue weighted by molar-refractivity contribution is 0.270. The molecule has 0 unspecified atom stereocenters. The maximum Gasteiger partial charge on any atom is 0.191 e. The summed E-state index contributed by atoms with van der Waals surface area (Å²) >= 11 is 0. The summed E-state index contributed by atoms with van der Waals surface area (Å²) < 4.78 is 23.8. The van der Waals surface area contributed by atoms with Crippen molar-refractivity contribution in [2.24, 2.45) is 16.6 Å². The third-order valence-corrected chi connectivity index (χ3v) is 6.41. The molecule has 0 aliphatic carbocycles. The monoisotopic (exact) mass is 287 g/mol. The van der Waals surface area contributed by atoms with Crippen LogP contribution in [0.15, 0.2) is 4.99 Å². The maximum absolute atomic E-state index is 11.9. The third-order valence-electron chi connectivity index (χ3n) is 4.15. The molecule has 2 fully saturated rings. The number of aliphatic imine (C=N–C) groups is 1. The molecule has 2 heterocycles. The Hall–Kier alpha value is -0.780. The summed E-state index contributed by atoms with van der Waals surface area (Å²) in [7, 11) is -2.94. The number of piperidine rings is 1. The van der Waals surface area contributed by atoms with Gasteiger partial charge < -0.3 is 10.6 Å². The number of hydrogen-bond acceptors (Lipinski definition) is 3. The lowest BCUT2D eigenvalue weighted by atomic mass is 10.0. The zero-order chi connectivity index (χ0) is 13.9. The molecule has 2 N–H and O–H groups in total. The number of likely N-dealkylation sites (tertiary alicyclic amines) is 1. The Bertz CT molecular complexity index is 433. The van der Waals surface area contributed by atoms with Crippen LogP contribution in [0.25, 0.3) is 0 Å². The number of nitrogens with zero attached hydrogens (tertiary/aromatic N) is 2. The molecule has 0 aromatic rings. The molecule has 19 heavy (non-hydrogen) atoms. The van der Waals surface area contributed by atoms with Crippen molar-refractivity contribution in [2.75, 3.05) is 25.4 Å². The number of rotatable bonds is 2. The predicted molar refractivity (Wildman–Crippen MR) is 77.9 cm³/mol. The first kappa shape index (κ1) is 14.6. The van der Waals surface area contributed by atoms with Crippen molar-refractivity contribution in [1.29, 1.82) is 0 Å². The minimum atomic E-state index is -2.94. The number of nitrogens with two attached hydrogens (primary N) is 1. The Morgan fingerprint density at radius 2 is 2.11 bits per heavy atom. The summed E-state index contributed by atoms with van der Waals surface area (Å²) in [6.45, 7) is 4.42. The normalized spacial score (nSPS) is 32.3. The van der Waals surface area contributed by atoms with Crippen LogP contribution in [0.4, 0.5) is 0 Å². The van der Waals surface area contributed by atoms with E-state index < -0.39 is 9.84 Å². The molecule has 0 saturated carbocycles. The fourth-order valence-corrected chi connectivity index (χ4v) is 4.69. The largest absolute Gasteiger partial charge is 0.370 e. The molecule has 0 amide bonds. The second-order valence-corrected chi connectivity index (χ2v) is 8.28. The summed E-state index contributed by atoms with van der Waals surface area (Å²) in [4.78, 5) is 6.43. The van der Waals surface area contributed by atoms with Crippen LogP contribution >= 0.6 is 0 Å². The molecule has 2 rings (SSSR count). The zero-order valence-corrected chi connectivity index (χ0v) is 12.5. The zero-order valence-electron chi connectivity index (χ0n) is 11.7. The highest BCUT2D eigenvalue weighted by Gasteiger charge is 2.28. The first-order valence-electron chi connectivity index (χ1n) is 7.25. The van der Waals surface area contributed by atoms with E-state index in [9.17, 15) is 8.42 Å². The molecule has 2 aliphatic rings. The van der Waals surface area contributed by atoms with E-state index in [1.807, 2.05) is 0 Å². The predicted octanol–water partition coefficient (Wildman–Crippen LogP) is 1.00. The highest BCUT2D eigenvalue weighted by Crippen LogP contribution is 2.20. The van der Waals surface area contributed by atoms with Crippen molar-refractivity contribution in [1.82, 2.24) is 4.90 Å². The van der Waals surface area contributed by atoms with Gasteiger partial charge in [-0.1, -0.05) is 13.3 Å². The van der Waals surface area contributed by atoms with Crippen molar-refractivity contribution >= 4 is 15.8 Å². The van der Waals surface area contributed by atoms with Gasteiger partial charge in [-0.15, -0.1) is 0 Å². The van der Waals surface area contributed by atoms with Crippen LogP contribution in [0.2, 0.25) is 0 Å². The smallest absolute Gasteiger partial charge is 0.191 e. The van der Waals surface area contributed by atoms with E-state index in [1.54, 1.807) is 0 Å². The molecule has 2 saturated heterocycles. The lowest BCUT2D eigenvalue weighted by Crippen LogP contribution is -2.44. The standard InChI is InChI=1S/C13H25N3O2S/c1-11-5-4-7-16(10-11)13(14)15-9-12-6-2-3-8-19(12,17)18/h11-12H,2-10H2,1H3,(H2,14,15)/t11-,12-/m1/s1. The first-order chi connectivity index (χ1) is 8.99. The van der Waals surface area contributed by atoms with Crippen molar-refractivity contribution < 1.29 is 8.42 Å². The Kier molecular flexibility index (Phi) is 4.71. The lowest BCUT2D eigenvalue weighted by Gasteiger charge is -2.32. The number of guanidine groups is 1. The van der Waals surface area contributed by atoms with E-state index in [4.69, 9.17) is 5.73 Å². The minimum absolute atomic E-state index is 0.313. The number of hydrogen-bond donors (Lipinski definition) is 1. The molecule has 0 aromatic carbocycles. The molecule has 110 valence electrons. The van der Waals surface area contributed by atoms with Crippen LogP contribution in [0.5, 0.6) is 0 Å². The summed E-state index contributed by atoms with van der Waals surface area (Å²) in [5.74, 6) is 1.47. The summed E-state index contributed by atoms with van der Waals surface area (Å²) in [5, 5.41) is -0.318. The molecule has 5 nitrogen and oxygen atoms in total. The van der Waals surface area contributed by atoms with Gasteiger partial charge in [-0.3, -0.25) is 4.99 Å². The van der Waals surface area contributed by atoms with Crippen LogP contribution in [-0.2, 0) is 9.84 Å². The molecule has 0 radical (unpaired) electrons. The van der Waals surface area contributed by atoms with Gasteiger partial charge in [0, 0.05) is 13.1 Å². The van der Waals surface area contributed by atoms with Gasteiger partial charge in [0.2, 0.25) is 0 Å². The van der Waals surface area contributed by atoms with Gasteiger partial charge >= 0.3 is 0 Å². The molecule has 2 aliphatic heterocycles. The van der Waals surface area contributed by atoms with E-state index >= 15 is 0 Å². The van der Waals surface area contributed by atoms with Crippen molar-refractivity contribution in [2.45, 2.75) is 44.3 Å². The fraction of sp³-hybridized carbons (Fsp3) is 0.923. The van der Waals surface area contributed by atoms with Gasteiger partial charge in [0.25, 0.3) is 0 Å². The molecule has 0 aromatic heterocycles. The van der Waals surface area contributed by atoms with Gasteiger partial charge in [-0.2, -0.15) is 0 Å². The van der Waals surface area contributed by atoms with Crippen molar-refractivity contribution in [3.63, 3.8) is 0 Å². The minimum Gasteiger partial charge on any atom is -0.370 e. The average Bonchev–Trinajstić information content (AvgIpc) is 2.36. The summed E-state index contributed by atoms with van der Waals surface area (Å²) in [6, 6.07) is 0. The van der Waals surface area contributed by atoms with Gasteiger partial charge in [0.1, 0.15) is 0 Å². The van der Waals surface area contributed by atoms with E-state index in [2.05, 4.69) is 16.8 Å². The molecule has 0 bridgehead atoms. The van der Waals surface area contributed by atoms with Crippen molar-refractivity contribution in [3.8, 4) is 0 Å². The second kappa shape index (κ2) is 6.11. The Morgan fingerprint density at radius 3 is 2.79 bits per heavy atom. The third kappa shape index (κ3) is 3.84. The van der Waals surface area contributed by atoms with Gasteiger partial charge in [-0.25, -0.2) is 8.42 Å². The molecule has 6 heteroatoms. The first-order valence-corrected chi connectivity index (χ1v) is 8.97. The maximum atomic E-state index is 11.9. The van der Waals surface area contributed by atoms with E-state index in [-0.39, 0.29) is 5.25 Å². The highest BCUT2D eigenvalue weighted by molar-refractivity contribution is 7.92. The van der Waals surface area contributed by atoms with Crippen LogP contribution in [-0.4, -0.2) is 49.9 Å². The summed E-state index contributed by atoms with van der Waals surface area (Å²) in [5.41, 5.74) is 6.00.